The first kappa shape index (κ1) is 7.12. The molecule has 0 bridgehead atoms. The molecule has 0 aliphatic rings. The lowest BCUT2D eigenvalue weighted by atomic mass is 10.1. The van der Waals surface area contributed by atoms with Gasteiger partial charge in [-0.3, -0.25) is 0 Å². The van der Waals surface area contributed by atoms with Crippen LogP contribution in [0.1, 0.15) is 31.9 Å². The summed E-state index contributed by atoms with van der Waals surface area (Å²) in [7, 11) is 0. The summed E-state index contributed by atoms with van der Waals surface area (Å²) in [6.45, 7) is 4.23. The Balaban J connectivity index is 2.75. The second kappa shape index (κ2) is 3.25. The maximum atomic E-state index is 3.95. The quantitative estimate of drug-likeness (QED) is 0.613. The van der Waals surface area contributed by atoms with Crippen LogP contribution in [0.3, 0.4) is 0 Å². The molecule has 1 aromatic rings. The molecule has 0 saturated heterocycles. The predicted molar refractivity (Wildman–Crippen MR) is 37.4 cm³/mol. The van der Waals surface area contributed by atoms with Crippen LogP contribution < -0.4 is 0 Å². The zero-order valence-electron chi connectivity index (χ0n) is 6.20. The smallest absolute Gasteiger partial charge is 0.221 e. The van der Waals surface area contributed by atoms with Crippen molar-refractivity contribution in [2.45, 2.75) is 26.2 Å². The SMILES string of the molecule is CCC(C)c1cnn[c]n1. The van der Waals surface area contributed by atoms with Gasteiger partial charge in [-0.15, -0.1) is 5.10 Å². The van der Waals surface area contributed by atoms with Gasteiger partial charge in [0.25, 0.3) is 0 Å². The summed E-state index contributed by atoms with van der Waals surface area (Å²) in [5.41, 5.74) is 0.970. The van der Waals surface area contributed by atoms with Crippen molar-refractivity contribution >= 4 is 0 Å². The second-order valence-electron chi connectivity index (χ2n) is 2.29. The van der Waals surface area contributed by atoms with E-state index in [2.05, 4.69) is 35.4 Å². The fraction of sp³-hybridized carbons (Fsp3) is 0.571. The molecule has 1 heterocycles. The molecule has 1 rings (SSSR count). The summed E-state index contributed by atoms with van der Waals surface area (Å²) in [6, 6.07) is 0. The Bertz CT molecular complexity index is 185. The van der Waals surface area contributed by atoms with Crippen LogP contribution in [0.5, 0.6) is 0 Å². The summed E-state index contributed by atoms with van der Waals surface area (Å²) in [6.07, 6.45) is 5.23. The third kappa shape index (κ3) is 1.50. The molecule has 0 aromatic carbocycles. The first-order valence-corrected chi connectivity index (χ1v) is 3.40. The van der Waals surface area contributed by atoms with Gasteiger partial charge < -0.3 is 0 Å². The van der Waals surface area contributed by atoms with Crippen LogP contribution in [0, 0.1) is 6.33 Å². The summed E-state index contributed by atoms with van der Waals surface area (Å²) in [5, 5.41) is 7.16. The van der Waals surface area contributed by atoms with Crippen molar-refractivity contribution < 1.29 is 0 Å². The summed E-state index contributed by atoms with van der Waals surface area (Å²) < 4.78 is 0. The monoisotopic (exact) mass is 136 g/mol. The standard InChI is InChI=1S/C7H10N3/c1-3-6(2)7-4-9-10-5-8-7/h4,6H,3H2,1-2H3. The maximum absolute atomic E-state index is 3.95. The van der Waals surface area contributed by atoms with Crippen molar-refractivity contribution in [1.29, 1.82) is 0 Å². The highest BCUT2D eigenvalue weighted by molar-refractivity contribution is 4.98. The lowest BCUT2D eigenvalue weighted by molar-refractivity contribution is 0.690. The van der Waals surface area contributed by atoms with E-state index >= 15 is 0 Å². The van der Waals surface area contributed by atoms with Gasteiger partial charge in [0.2, 0.25) is 6.33 Å². The fourth-order valence-corrected chi connectivity index (χ4v) is 0.669. The summed E-state index contributed by atoms with van der Waals surface area (Å²) in [4.78, 5) is 3.95. The van der Waals surface area contributed by atoms with Gasteiger partial charge in [-0.25, -0.2) is 4.98 Å². The molecule has 3 nitrogen and oxygen atoms in total. The largest absolute Gasteiger partial charge is 0.227 e. The fourth-order valence-electron chi connectivity index (χ4n) is 0.669. The van der Waals surface area contributed by atoms with Gasteiger partial charge in [0.05, 0.1) is 11.9 Å². The molecule has 10 heavy (non-hydrogen) atoms. The van der Waals surface area contributed by atoms with E-state index in [0.717, 1.165) is 12.1 Å². The Labute approximate surface area is 60.5 Å². The molecule has 0 fully saturated rings. The Morgan fingerprint density at radius 3 is 3.00 bits per heavy atom. The lowest BCUT2D eigenvalue weighted by Gasteiger charge is -2.03. The molecule has 53 valence electrons. The van der Waals surface area contributed by atoms with Crippen molar-refractivity contribution in [2.24, 2.45) is 0 Å². The van der Waals surface area contributed by atoms with E-state index in [0.29, 0.717) is 5.92 Å². The van der Waals surface area contributed by atoms with Crippen LogP contribution in [0.4, 0.5) is 0 Å². The predicted octanol–water partition coefficient (Wildman–Crippen LogP) is 1.19. The van der Waals surface area contributed by atoms with Crippen molar-refractivity contribution in [2.75, 3.05) is 0 Å². The van der Waals surface area contributed by atoms with Gasteiger partial charge in [0, 0.05) is 0 Å². The summed E-state index contributed by atoms with van der Waals surface area (Å²) >= 11 is 0. The third-order valence-corrected chi connectivity index (χ3v) is 1.59. The zero-order valence-corrected chi connectivity index (χ0v) is 6.20. The molecule has 3 heteroatoms. The van der Waals surface area contributed by atoms with Crippen LogP contribution in [0.15, 0.2) is 6.20 Å². The van der Waals surface area contributed by atoms with Crippen LogP contribution >= 0.6 is 0 Å². The van der Waals surface area contributed by atoms with Crippen molar-refractivity contribution in [3.05, 3.63) is 18.2 Å². The first-order valence-electron chi connectivity index (χ1n) is 3.40. The highest BCUT2D eigenvalue weighted by Gasteiger charge is 2.02. The number of rotatable bonds is 2. The molecule has 1 radical (unpaired) electrons. The van der Waals surface area contributed by atoms with E-state index < -0.39 is 0 Å². The third-order valence-electron chi connectivity index (χ3n) is 1.59. The Morgan fingerprint density at radius 2 is 2.50 bits per heavy atom. The Morgan fingerprint density at radius 1 is 1.70 bits per heavy atom. The van der Waals surface area contributed by atoms with Gasteiger partial charge in [-0.2, -0.15) is 5.10 Å². The van der Waals surface area contributed by atoms with E-state index in [4.69, 9.17) is 0 Å². The van der Waals surface area contributed by atoms with Crippen LogP contribution in [0.2, 0.25) is 0 Å². The highest BCUT2D eigenvalue weighted by Crippen LogP contribution is 2.12. The number of aromatic nitrogens is 3. The molecule has 0 aliphatic heterocycles. The average Bonchev–Trinajstić information content (AvgIpc) is 2.05. The van der Waals surface area contributed by atoms with E-state index in [-0.39, 0.29) is 0 Å². The topological polar surface area (TPSA) is 38.7 Å². The minimum absolute atomic E-state index is 0.465. The number of hydrogen-bond donors (Lipinski definition) is 0. The normalized spacial score (nSPS) is 13.0. The van der Waals surface area contributed by atoms with Crippen molar-refractivity contribution in [1.82, 2.24) is 15.2 Å². The molecular formula is C7H10N3. The molecule has 1 unspecified atom stereocenters. The lowest BCUT2D eigenvalue weighted by Crippen LogP contribution is -1.97. The van der Waals surface area contributed by atoms with Crippen LogP contribution in [-0.4, -0.2) is 15.2 Å². The molecule has 0 spiro atoms. The van der Waals surface area contributed by atoms with Gasteiger partial charge >= 0.3 is 0 Å². The average molecular weight is 136 g/mol. The minimum Gasteiger partial charge on any atom is -0.227 e. The molecule has 0 aliphatic carbocycles. The van der Waals surface area contributed by atoms with E-state index in [9.17, 15) is 0 Å². The second-order valence-corrected chi connectivity index (χ2v) is 2.29. The maximum Gasteiger partial charge on any atom is 0.221 e. The van der Waals surface area contributed by atoms with Crippen LogP contribution in [0.25, 0.3) is 0 Å². The Hall–Kier alpha value is -0.990. The highest BCUT2D eigenvalue weighted by atomic mass is 15.1. The zero-order chi connectivity index (χ0) is 7.40. The Kier molecular flexibility index (Phi) is 2.31. The van der Waals surface area contributed by atoms with Crippen LogP contribution in [-0.2, 0) is 0 Å². The number of hydrogen-bond acceptors (Lipinski definition) is 3. The number of nitrogens with zero attached hydrogens (tertiary/aromatic N) is 3. The van der Waals surface area contributed by atoms with E-state index in [1.165, 1.54) is 0 Å². The van der Waals surface area contributed by atoms with Crippen molar-refractivity contribution in [3.8, 4) is 0 Å². The molecule has 1 aromatic heterocycles. The van der Waals surface area contributed by atoms with E-state index in [1.54, 1.807) is 6.20 Å². The minimum atomic E-state index is 0.465. The molecule has 1 atom stereocenters. The summed E-state index contributed by atoms with van der Waals surface area (Å²) in [5.74, 6) is 0.465. The van der Waals surface area contributed by atoms with E-state index in [1.807, 2.05) is 0 Å². The van der Waals surface area contributed by atoms with Gasteiger partial charge in [-0.05, 0) is 12.3 Å². The first-order chi connectivity index (χ1) is 4.84. The molecule has 0 saturated carbocycles. The molecule has 0 amide bonds. The molecular weight excluding hydrogens is 126 g/mol. The van der Waals surface area contributed by atoms with Gasteiger partial charge in [0.1, 0.15) is 0 Å². The van der Waals surface area contributed by atoms with Gasteiger partial charge in [-0.1, -0.05) is 13.8 Å². The van der Waals surface area contributed by atoms with Crippen molar-refractivity contribution in [3.63, 3.8) is 0 Å². The van der Waals surface area contributed by atoms with Gasteiger partial charge in [0.15, 0.2) is 0 Å². The molecule has 0 N–H and O–H groups in total.